The molecule has 0 spiro atoms. The number of benzene rings is 1. The molecule has 0 fully saturated rings. The van der Waals surface area contributed by atoms with Crippen molar-refractivity contribution in [3.05, 3.63) is 49.8 Å². The van der Waals surface area contributed by atoms with Crippen molar-refractivity contribution in [1.29, 1.82) is 0 Å². The van der Waals surface area contributed by atoms with E-state index in [0.29, 0.717) is 3.57 Å². The molecule has 97 valence electrons. The molecule has 0 N–H and O–H groups in total. The number of rotatable bonds is 2. The van der Waals surface area contributed by atoms with Crippen molar-refractivity contribution in [3.8, 4) is 17.0 Å². The summed E-state index contributed by atoms with van der Waals surface area (Å²) in [6, 6.07) is 10.7. The first-order valence-electron chi connectivity index (χ1n) is 5.47. The zero-order chi connectivity index (χ0) is 13.3. The molecular weight excluding hydrogens is 430 g/mol. The average Bonchev–Trinajstić information content (AvgIpc) is 2.37. The molecule has 5 heteroatoms. The molecular formula is C14H13INO2Y-. The Kier molecular flexibility index (Phi) is 6.21. The number of ether oxygens (including phenoxy) is 1. The third-order valence-corrected chi connectivity index (χ3v) is 3.64. The Bertz CT molecular complexity index is 652. The number of hydrogen-bond donors (Lipinski definition) is 0. The molecule has 1 heterocycles. The van der Waals surface area contributed by atoms with Gasteiger partial charge in [-0.25, -0.2) is 0 Å². The van der Waals surface area contributed by atoms with E-state index in [2.05, 4.69) is 6.07 Å². The first kappa shape index (κ1) is 16.9. The van der Waals surface area contributed by atoms with Crippen LogP contribution >= 0.6 is 22.6 Å². The van der Waals surface area contributed by atoms with Crippen molar-refractivity contribution in [2.75, 3.05) is 7.11 Å². The Morgan fingerprint density at radius 2 is 2.05 bits per heavy atom. The van der Waals surface area contributed by atoms with Gasteiger partial charge in [0.2, 0.25) is 5.56 Å². The van der Waals surface area contributed by atoms with Gasteiger partial charge in [-0.1, -0.05) is 23.7 Å². The fraction of sp³-hybridized carbons (Fsp3) is 0.214. The molecule has 0 aliphatic heterocycles. The summed E-state index contributed by atoms with van der Waals surface area (Å²) in [5, 5.41) is 0. The van der Waals surface area contributed by atoms with Crippen molar-refractivity contribution in [2.24, 2.45) is 7.05 Å². The van der Waals surface area contributed by atoms with Crippen LogP contribution in [-0.4, -0.2) is 11.7 Å². The number of aryl methyl sites for hydroxylation is 1. The monoisotopic (exact) mass is 443 g/mol. The van der Waals surface area contributed by atoms with Gasteiger partial charge >= 0.3 is 0 Å². The van der Waals surface area contributed by atoms with Crippen LogP contribution in [0.3, 0.4) is 0 Å². The summed E-state index contributed by atoms with van der Waals surface area (Å²) in [6.07, 6.45) is 0. The van der Waals surface area contributed by atoms with E-state index in [-0.39, 0.29) is 38.3 Å². The van der Waals surface area contributed by atoms with Gasteiger partial charge in [-0.2, -0.15) is 12.1 Å². The molecule has 1 aromatic heterocycles. The Hall–Kier alpha value is -0.196. The summed E-state index contributed by atoms with van der Waals surface area (Å²) in [5.41, 5.74) is 2.84. The standard InChI is InChI=1S/C14H13INO2.Y/c1-9-8-10(18-3)4-5-11(9)13-7-6-12(15)14(17)16(13)2;/h4-6,8H,1-3H3;/q-1;. The Morgan fingerprint density at radius 3 is 2.63 bits per heavy atom. The third-order valence-electron chi connectivity index (χ3n) is 2.87. The summed E-state index contributed by atoms with van der Waals surface area (Å²) in [7, 11) is 3.40. The maximum atomic E-state index is 11.9. The van der Waals surface area contributed by atoms with Gasteiger partial charge in [-0.15, -0.1) is 28.7 Å². The van der Waals surface area contributed by atoms with E-state index in [0.717, 1.165) is 22.6 Å². The zero-order valence-corrected chi connectivity index (χ0v) is 16.0. The topological polar surface area (TPSA) is 31.2 Å². The van der Waals surface area contributed by atoms with Crippen LogP contribution in [0.2, 0.25) is 0 Å². The van der Waals surface area contributed by atoms with Gasteiger partial charge in [-0.3, -0.25) is 4.79 Å². The molecule has 0 aliphatic carbocycles. The van der Waals surface area contributed by atoms with Crippen LogP contribution in [0.25, 0.3) is 11.3 Å². The van der Waals surface area contributed by atoms with E-state index >= 15 is 0 Å². The van der Waals surface area contributed by atoms with Crippen LogP contribution in [-0.2, 0) is 39.8 Å². The summed E-state index contributed by atoms with van der Waals surface area (Å²) in [6.45, 7) is 1.99. The van der Waals surface area contributed by atoms with Gasteiger partial charge < -0.3 is 9.30 Å². The Labute approximate surface area is 151 Å². The van der Waals surface area contributed by atoms with E-state index in [4.69, 9.17) is 4.74 Å². The number of aromatic nitrogens is 1. The number of halogens is 1. The predicted molar refractivity (Wildman–Crippen MR) is 80.0 cm³/mol. The van der Waals surface area contributed by atoms with E-state index < -0.39 is 0 Å². The summed E-state index contributed by atoms with van der Waals surface area (Å²) < 4.78 is 7.47. The maximum Gasteiger partial charge on any atom is 0.207 e. The predicted octanol–water partition coefficient (Wildman–Crippen LogP) is 2.77. The molecule has 19 heavy (non-hydrogen) atoms. The first-order chi connectivity index (χ1) is 8.54. The van der Waals surface area contributed by atoms with Crippen LogP contribution in [0.1, 0.15) is 5.56 Å². The van der Waals surface area contributed by atoms with Crippen LogP contribution < -0.4 is 10.3 Å². The number of pyridine rings is 1. The molecule has 0 aliphatic rings. The molecule has 0 bridgehead atoms. The second kappa shape index (κ2) is 7.00. The van der Waals surface area contributed by atoms with E-state index in [1.165, 1.54) is 0 Å². The van der Waals surface area contributed by atoms with Gasteiger partial charge in [0.25, 0.3) is 0 Å². The second-order valence-electron chi connectivity index (χ2n) is 4.03. The molecule has 2 rings (SSSR count). The maximum absolute atomic E-state index is 11.9. The molecule has 0 saturated heterocycles. The van der Waals surface area contributed by atoms with Gasteiger partial charge in [0.1, 0.15) is 5.75 Å². The number of methoxy groups -OCH3 is 1. The summed E-state index contributed by atoms with van der Waals surface area (Å²) in [5.74, 6) is 0.812. The quantitative estimate of drug-likeness (QED) is 0.529. The van der Waals surface area contributed by atoms with Crippen molar-refractivity contribution in [3.63, 3.8) is 0 Å². The summed E-state index contributed by atoms with van der Waals surface area (Å²) >= 11 is 2.02. The molecule has 1 aromatic carbocycles. The Morgan fingerprint density at radius 1 is 1.37 bits per heavy atom. The van der Waals surface area contributed by atoms with E-state index in [1.807, 2.05) is 47.7 Å². The molecule has 1 radical (unpaired) electrons. The fourth-order valence-corrected chi connectivity index (χ4v) is 2.36. The largest absolute Gasteiger partial charge is 0.497 e. The van der Waals surface area contributed by atoms with E-state index in [1.54, 1.807) is 24.8 Å². The minimum atomic E-state index is -0.000400. The SMILES string of the molecule is COc1ccc(-c2[c-]cc(I)c(=O)n2C)c(C)c1.[Y]. The van der Waals surface area contributed by atoms with Crippen molar-refractivity contribution >= 4 is 22.6 Å². The third kappa shape index (κ3) is 3.47. The molecule has 0 saturated carbocycles. The van der Waals surface area contributed by atoms with Crippen LogP contribution in [0.5, 0.6) is 5.75 Å². The zero-order valence-electron chi connectivity index (χ0n) is 11.0. The molecule has 0 atom stereocenters. The average molecular weight is 443 g/mol. The number of hydrogen-bond acceptors (Lipinski definition) is 2. The van der Waals surface area contributed by atoms with E-state index in [9.17, 15) is 4.79 Å². The van der Waals surface area contributed by atoms with Gasteiger partial charge in [0.15, 0.2) is 0 Å². The minimum absolute atomic E-state index is 0. The molecule has 0 unspecified atom stereocenters. The summed E-state index contributed by atoms with van der Waals surface area (Å²) in [4.78, 5) is 11.9. The number of nitrogens with zero attached hydrogens (tertiary/aromatic N) is 1. The Balaban J connectivity index is 0.00000180. The first-order valence-corrected chi connectivity index (χ1v) is 6.54. The van der Waals surface area contributed by atoms with Crippen LogP contribution in [0, 0.1) is 16.6 Å². The van der Waals surface area contributed by atoms with Crippen LogP contribution in [0.15, 0.2) is 29.1 Å². The molecule has 0 amide bonds. The minimum Gasteiger partial charge on any atom is -0.497 e. The van der Waals surface area contributed by atoms with Gasteiger partial charge in [0, 0.05) is 39.8 Å². The van der Waals surface area contributed by atoms with Crippen LogP contribution in [0.4, 0.5) is 0 Å². The molecule has 3 nitrogen and oxygen atoms in total. The van der Waals surface area contributed by atoms with Crippen molar-refractivity contribution in [1.82, 2.24) is 4.57 Å². The fourth-order valence-electron chi connectivity index (χ4n) is 1.84. The van der Waals surface area contributed by atoms with Crippen molar-refractivity contribution in [2.45, 2.75) is 6.92 Å². The molecule has 2 aromatic rings. The van der Waals surface area contributed by atoms with Gasteiger partial charge in [-0.05, 0) is 15.7 Å². The van der Waals surface area contributed by atoms with Crippen molar-refractivity contribution < 1.29 is 37.4 Å². The van der Waals surface area contributed by atoms with Gasteiger partial charge in [0.05, 0.1) is 7.11 Å². The normalized spacial score (nSPS) is 9.89. The second-order valence-corrected chi connectivity index (χ2v) is 5.19. The smallest absolute Gasteiger partial charge is 0.207 e.